The van der Waals surface area contributed by atoms with Crippen molar-refractivity contribution in [2.24, 2.45) is 11.7 Å². The molecule has 1 aliphatic heterocycles. The number of hydrogen-bond donors (Lipinski definition) is 1. The molecule has 0 spiro atoms. The number of nitrogens with two attached hydrogens (primary N) is 1. The van der Waals surface area contributed by atoms with E-state index in [9.17, 15) is 8.42 Å². The average molecular weight is 234 g/mol. The van der Waals surface area contributed by atoms with Crippen LogP contribution in [0, 0.1) is 5.92 Å². The lowest BCUT2D eigenvalue weighted by Gasteiger charge is -2.30. The monoisotopic (exact) mass is 234 g/mol. The third-order valence-corrected chi connectivity index (χ3v) is 4.29. The summed E-state index contributed by atoms with van der Waals surface area (Å²) in [6.45, 7) is 2.15. The van der Waals surface area contributed by atoms with E-state index >= 15 is 0 Å². The molecule has 1 saturated heterocycles. The molecule has 0 aliphatic carbocycles. The summed E-state index contributed by atoms with van der Waals surface area (Å²) < 4.78 is 24.4. The van der Waals surface area contributed by atoms with Gasteiger partial charge in [0.05, 0.1) is 6.26 Å². The lowest BCUT2D eigenvalue weighted by atomic mass is 9.94. The molecule has 0 saturated carbocycles. The van der Waals surface area contributed by atoms with Crippen LogP contribution in [0.1, 0.15) is 32.1 Å². The average Bonchev–Trinajstić information content (AvgIpc) is 2.17. The van der Waals surface area contributed by atoms with Crippen LogP contribution < -0.4 is 5.73 Å². The molecule has 2 N–H and O–H groups in total. The maximum Gasteiger partial charge on any atom is 0.211 e. The molecule has 0 amide bonds. The van der Waals surface area contributed by atoms with Crippen molar-refractivity contribution in [3.05, 3.63) is 0 Å². The van der Waals surface area contributed by atoms with Gasteiger partial charge >= 0.3 is 0 Å². The third kappa shape index (κ3) is 4.49. The van der Waals surface area contributed by atoms with Crippen LogP contribution in [0.3, 0.4) is 0 Å². The summed E-state index contributed by atoms with van der Waals surface area (Å²) in [6, 6.07) is 0. The van der Waals surface area contributed by atoms with Gasteiger partial charge < -0.3 is 5.73 Å². The highest BCUT2D eigenvalue weighted by Gasteiger charge is 2.25. The normalized spacial score (nSPS) is 24.3. The minimum Gasteiger partial charge on any atom is -0.330 e. The van der Waals surface area contributed by atoms with E-state index in [-0.39, 0.29) is 0 Å². The van der Waals surface area contributed by atoms with E-state index in [1.54, 1.807) is 4.31 Å². The van der Waals surface area contributed by atoms with Crippen molar-refractivity contribution in [3.8, 4) is 0 Å². The lowest BCUT2D eigenvalue weighted by Crippen LogP contribution is -2.39. The number of nitrogens with zero attached hydrogens (tertiary/aromatic N) is 1. The third-order valence-electron chi connectivity index (χ3n) is 3.02. The fourth-order valence-electron chi connectivity index (χ4n) is 2.14. The molecule has 0 aromatic rings. The van der Waals surface area contributed by atoms with E-state index in [0.29, 0.717) is 19.0 Å². The summed E-state index contributed by atoms with van der Waals surface area (Å²) in [4.78, 5) is 0. The summed E-state index contributed by atoms with van der Waals surface area (Å²) in [6.07, 6.45) is 6.75. The first-order valence-corrected chi connectivity index (χ1v) is 7.54. The minimum atomic E-state index is -2.98. The van der Waals surface area contributed by atoms with E-state index in [2.05, 4.69) is 0 Å². The highest BCUT2D eigenvalue weighted by atomic mass is 32.2. The molecule has 1 rings (SSSR count). The van der Waals surface area contributed by atoms with Gasteiger partial charge in [-0.15, -0.1) is 0 Å². The van der Waals surface area contributed by atoms with Crippen molar-refractivity contribution in [2.45, 2.75) is 32.1 Å². The van der Waals surface area contributed by atoms with Crippen molar-refractivity contribution >= 4 is 10.0 Å². The van der Waals surface area contributed by atoms with E-state index in [4.69, 9.17) is 5.73 Å². The van der Waals surface area contributed by atoms with E-state index in [0.717, 1.165) is 38.6 Å². The van der Waals surface area contributed by atoms with Gasteiger partial charge in [-0.2, -0.15) is 0 Å². The van der Waals surface area contributed by atoms with Crippen LogP contribution in [0.4, 0.5) is 0 Å². The van der Waals surface area contributed by atoms with Gasteiger partial charge in [0.15, 0.2) is 0 Å². The first kappa shape index (κ1) is 12.9. The Bertz CT molecular complexity index is 277. The van der Waals surface area contributed by atoms with Crippen LogP contribution in [0.5, 0.6) is 0 Å². The molecule has 1 unspecified atom stereocenters. The Hall–Kier alpha value is -0.130. The lowest BCUT2D eigenvalue weighted by molar-refractivity contribution is 0.253. The van der Waals surface area contributed by atoms with Crippen LogP contribution >= 0.6 is 0 Å². The molecule has 1 fully saturated rings. The van der Waals surface area contributed by atoms with Gasteiger partial charge in [0, 0.05) is 13.1 Å². The first-order chi connectivity index (χ1) is 7.04. The Morgan fingerprint density at radius 1 is 1.40 bits per heavy atom. The van der Waals surface area contributed by atoms with Crippen LogP contribution in [-0.2, 0) is 10.0 Å². The van der Waals surface area contributed by atoms with Gasteiger partial charge in [0.1, 0.15) is 0 Å². The van der Waals surface area contributed by atoms with Crippen molar-refractivity contribution in [3.63, 3.8) is 0 Å². The Morgan fingerprint density at radius 2 is 2.13 bits per heavy atom. The molecule has 0 aromatic carbocycles. The molecule has 15 heavy (non-hydrogen) atoms. The number of rotatable bonds is 5. The van der Waals surface area contributed by atoms with Gasteiger partial charge in [-0.1, -0.05) is 6.42 Å². The molecule has 1 heterocycles. The number of piperidine rings is 1. The maximum atomic E-state index is 11.4. The molecule has 4 nitrogen and oxygen atoms in total. The zero-order valence-corrected chi connectivity index (χ0v) is 10.3. The van der Waals surface area contributed by atoms with E-state index in [1.807, 2.05) is 0 Å². The smallest absolute Gasteiger partial charge is 0.211 e. The van der Waals surface area contributed by atoms with Gasteiger partial charge in [0.2, 0.25) is 10.0 Å². The molecule has 0 aromatic heterocycles. The molecular formula is C10H22N2O2S. The van der Waals surface area contributed by atoms with Crippen LogP contribution in [0.15, 0.2) is 0 Å². The number of hydrogen-bond acceptors (Lipinski definition) is 3. The minimum absolute atomic E-state index is 0.542. The Labute approximate surface area is 92.9 Å². The molecule has 0 bridgehead atoms. The summed E-state index contributed by atoms with van der Waals surface area (Å²) >= 11 is 0. The predicted molar refractivity (Wildman–Crippen MR) is 62.0 cm³/mol. The van der Waals surface area contributed by atoms with E-state index < -0.39 is 10.0 Å². The van der Waals surface area contributed by atoms with E-state index in [1.165, 1.54) is 6.26 Å². The van der Waals surface area contributed by atoms with Crippen molar-refractivity contribution < 1.29 is 8.42 Å². The van der Waals surface area contributed by atoms with Crippen LogP contribution in [0.2, 0.25) is 0 Å². The zero-order chi connectivity index (χ0) is 11.3. The van der Waals surface area contributed by atoms with Crippen LogP contribution in [0.25, 0.3) is 0 Å². The summed E-state index contributed by atoms with van der Waals surface area (Å²) in [5.74, 6) is 0.542. The fourth-order valence-corrected chi connectivity index (χ4v) is 3.08. The van der Waals surface area contributed by atoms with Gasteiger partial charge in [0.25, 0.3) is 0 Å². The second kappa shape index (κ2) is 5.82. The molecule has 1 atom stereocenters. The molecule has 5 heteroatoms. The first-order valence-electron chi connectivity index (χ1n) is 5.69. The Kier molecular flexibility index (Phi) is 5.02. The Balaban J connectivity index is 2.36. The molecule has 90 valence electrons. The van der Waals surface area contributed by atoms with Gasteiger partial charge in [-0.25, -0.2) is 12.7 Å². The predicted octanol–water partition coefficient (Wildman–Crippen LogP) is 0.787. The molecule has 0 radical (unpaired) electrons. The van der Waals surface area contributed by atoms with Gasteiger partial charge in [-0.3, -0.25) is 0 Å². The van der Waals surface area contributed by atoms with Gasteiger partial charge in [-0.05, 0) is 38.1 Å². The summed E-state index contributed by atoms with van der Waals surface area (Å²) in [7, 11) is -2.98. The zero-order valence-electron chi connectivity index (χ0n) is 9.48. The summed E-state index contributed by atoms with van der Waals surface area (Å²) in [5.41, 5.74) is 5.43. The van der Waals surface area contributed by atoms with Crippen molar-refractivity contribution in [1.29, 1.82) is 0 Å². The SMILES string of the molecule is CS(=O)(=O)N1CCCC(CCCCN)C1. The molecule has 1 aliphatic rings. The highest BCUT2D eigenvalue weighted by Crippen LogP contribution is 2.22. The largest absolute Gasteiger partial charge is 0.330 e. The highest BCUT2D eigenvalue weighted by molar-refractivity contribution is 7.88. The Morgan fingerprint density at radius 3 is 2.73 bits per heavy atom. The quantitative estimate of drug-likeness (QED) is 0.715. The number of sulfonamides is 1. The van der Waals surface area contributed by atoms with Crippen LogP contribution in [-0.4, -0.2) is 38.6 Å². The standard InChI is InChI=1S/C10H22N2O2S/c1-15(13,14)12-8-4-6-10(9-12)5-2-3-7-11/h10H,2-9,11H2,1H3. The van der Waals surface area contributed by atoms with Crippen molar-refractivity contribution in [1.82, 2.24) is 4.31 Å². The fraction of sp³-hybridized carbons (Fsp3) is 1.00. The number of unbranched alkanes of at least 4 members (excludes halogenated alkanes) is 1. The summed E-state index contributed by atoms with van der Waals surface area (Å²) in [5, 5.41) is 0. The second-order valence-electron chi connectivity index (χ2n) is 4.41. The molecular weight excluding hydrogens is 212 g/mol. The topological polar surface area (TPSA) is 63.4 Å². The second-order valence-corrected chi connectivity index (χ2v) is 6.40. The van der Waals surface area contributed by atoms with Crippen molar-refractivity contribution in [2.75, 3.05) is 25.9 Å². The maximum absolute atomic E-state index is 11.4.